The largest absolute Gasteiger partial charge is 0.322 e. The number of halogens is 2. The number of benzene rings is 1. The molecular weight excluding hydrogens is 245 g/mol. The molecule has 0 fully saturated rings. The number of amides is 1. The van der Waals surface area contributed by atoms with E-state index >= 15 is 0 Å². The van der Waals surface area contributed by atoms with Gasteiger partial charge in [0.05, 0.1) is 5.69 Å². The molecule has 17 heavy (non-hydrogen) atoms. The van der Waals surface area contributed by atoms with Gasteiger partial charge in [-0.2, -0.15) is 5.10 Å². The molecule has 0 aliphatic carbocycles. The smallest absolute Gasteiger partial charge is 0.246 e. The number of hydrogen-bond acceptors (Lipinski definition) is 2. The van der Waals surface area contributed by atoms with Gasteiger partial charge in [-0.25, -0.2) is 4.39 Å². The highest BCUT2D eigenvalue weighted by Crippen LogP contribution is 2.18. The molecule has 2 aromatic rings. The Kier molecular flexibility index (Phi) is 3.39. The average Bonchev–Trinajstić information content (AvgIpc) is 2.75. The van der Waals surface area contributed by atoms with Crippen LogP contribution in [0.1, 0.15) is 0 Å². The summed E-state index contributed by atoms with van der Waals surface area (Å²) in [7, 11) is 0. The first-order valence-electron chi connectivity index (χ1n) is 4.87. The van der Waals surface area contributed by atoms with Gasteiger partial charge < -0.3 is 5.32 Å². The number of nitrogens with one attached hydrogen (secondary N) is 1. The third-order valence-electron chi connectivity index (χ3n) is 2.07. The van der Waals surface area contributed by atoms with Crippen LogP contribution in [-0.2, 0) is 11.3 Å². The second-order valence-electron chi connectivity index (χ2n) is 3.38. The fourth-order valence-electron chi connectivity index (χ4n) is 1.32. The van der Waals surface area contributed by atoms with Crippen LogP contribution in [0, 0.1) is 5.82 Å². The van der Waals surface area contributed by atoms with Crippen molar-refractivity contribution >= 4 is 23.2 Å². The van der Waals surface area contributed by atoms with Gasteiger partial charge in [0.1, 0.15) is 12.4 Å². The Morgan fingerprint density at radius 1 is 1.53 bits per heavy atom. The Morgan fingerprint density at radius 3 is 3.00 bits per heavy atom. The first kappa shape index (κ1) is 11.6. The molecule has 1 N–H and O–H groups in total. The Balaban J connectivity index is 2.03. The van der Waals surface area contributed by atoms with Crippen molar-refractivity contribution in [1.29, 1.82) is 0 Å². The third-order valence-corrected chi connectivity index (χ3v) is 2.31. The maximum atomic E-state index is 13.4. The van der Waals surface area contributed by atoms with Crippen LogP contribution in [0.3, 0.4) is 0 Å². The van der Waals surface area contributed by atoms with Crippen LogP contribution in [0.15, 0.2) is 36.7 Å². The summed E-state index contributed by atoms with van der Waals surface area (Å²) in [5, 5.41) is 6.60. The van der Waals surface area contributed by atoms with Gasteiger partial charge in [-0.3, -0.25) is 9.48 Å². The molecule has 0 atom stereocenters. The summed E-state index contributed by atoms with van der Waals surface area (Å²) in [6.07, 6.45) is 3.22. The topological polar surface area (TPSA) is 46.9 Å². The standard InChI is InChI=1S/C11H9ClFN3O/c12-8-2-3-10(9(13)6-8)15-11(17)7-16-5-1-4-14-16/h1-6H,7H2,(H,15,17). The van der Waals surface area contributed by atoms with Gasteiger partial charge in [0.2, 0.25) is 5.91 Å². The molecule has 1 aromatic carbocycles. The zero-order chi connectivity index (χ0) is 12.3. The molecule has 6 heteroatoms. The fourth-order valence-corrected chi connectivity index (χ4v) is 1.48. The van der Waals surface area contributed by atoms with E-state index in [9.17, 15) is 9.18 Å². The molecule has 88 valence electrons. The third kappa shape index (κ3) is 3.04. The molecule has 0 saturated carbocycles. The van der Waals surface area contributed by atoms with E-state index in [0.717, 1.165) is 6.07 Å². The highest BCUT2D eigenvalue weighted by molar-refractivity contribution is 6.30. The van der Waals surface area contributed by atoms with Gasteiger partial charge >= 0.3 is 0 Å². The van der Waals surface area contributed by atoms with Gasteiger partial charge in [0.25, 0.3) is 0 Å². The minimum absolute atomic E-state index is 0.0368. The van der Waals surface area contributed by atoms with Gasteiger partial charge in [-0.1, -0.05) is 11.6 Å². The number of aromatic nitrogens is 2. The minimum atomic E-state index is -0.564. The van der Waals surface area contributed by atoms with Gasteiger partial charge in [0, 0.05) is 17.4 Å². The number of rotatable bonds is 3. The first-order chi connectivity index (χ1) is 8.15. The molecule has 4 nitrogen and oxygen atoms in total. The SMILES string of the molecule is O=C(Cn1cccn1)Nc1ccc(Cl)cc1F. The summed E-state index contributed by atoms with van der Waals surface area (Å²) >= 11 is 5.60. The maximum Gasteiger partial charge on any atom is 0.246 e. The van der Waals surface area contributed by atoms with Crippen LogP contribution in [0.2, 0.25) is 5.02 Å². The molecule has 0 aliphatic rings. The van der Waals surface area contributed by atoms with Crippen LogP contribution < -0.4 is 5.32 Å². The van der Waals surface area contributed by atoms with Crippen LogP contribution in [0.5, 0.6) is 0 Å². The van der Waals surface area contributed by atoms with E-state index in [-0.39, 0.29) is 23.2 Å². The van der Waals surface area contributed by atoms with Crippen molar-refractivity contribution in [1.82, 2.24) is 9.78 Å². The second kappa shape index (κ2) is 4.97. The minimum Gasteiger partial charge on any atom is -0.322 e. The predicted octanol–water partition coefficient (Wildman–Crippen LogP) is 2.31. The summed E-state index contributed by atoms with van der Waals surface area (Å²) in [6, 6.07) is 5.77. The van der Waals surface area contributed by atoms with Gasteiger partial charge in [-0.05, 0) is 24.3 Å². The molecule has 0 bridgehead atoms. The number of carbonyl (C=O) groups excluding carboxylic acids is 1. The van der Waals surface area contributed by atoms with Crippen molar-refractivity contribution in [3.05, 3.63) is 47.5 Å². The van der Waals surface area contributed by atoms with Crippen molar-refractivity contribution in [3.8, 4) is 0 Å². The van der Waals surface area contributed by atoms with E-state index in [4.69, 9.17) is 11.6 Å². The maximum absolute atomic E-state index is 13.4. The zero-order valence-electron chi connectivity index (χ0n) is 8.73. The van der Waals surface area contributed by atoms with E-state index in [1.165, 1.54) is 16.8 Å². The van der Waals surface area contributed by atoms with Crippen LogP contribution in [-0.4, -0.2) is 15.7 Å². The number of nitrogens with zero attached hydrogens (tertiary/aromatic N) is 2. The molecule has 1 amide bonds. The first-order valence-corrected chi connectivity index (χ1v) is 5.25. The average molecular weight is 254 g/mol. The number of anilines is 1. The summed E-state index contributed by atoms with van der Waals surface area (Å²) in [5.41, 5.74) is 0.103. The van der Waals surface area contributed by atoms with Gasteiger partial charge in [0.15, 0.2) is 0 Å². The highest BCUT2D eigenvalue weighted by Gasteiger charge is 2.07. The lowest BCUT2D eigenvalue weighted by atomic mass is 10.3. The quantitative estimate of drug-likeness (QED) is 0.913. The number of carbonyl (C=O) groups is 1. The normalized spacial score (nSPS) is 10.2. The number of hydrogen-bond donors (Lipinski definition) is 1. The molecule has 0 unspecified atom stereocenters. The van der Waals surface area contributed by atoms with Crippen LogP contribution in [0.25, 0.3) is 0 Å². The van der Waals surface area contributed by atoms with Crippen molar-refractivity contribution in [3.63, 3.8) is 0 Å². The van der Waals surface area contributed by atoms with Crippen molar-refractivity contribution < 1.29 is 9.18 Å². The van der Waals surface area contributed by atoms with E-state index in [1.54, 1.807) is 18.5 Å². The lowest BCUT2D eigenvalue weighted by Crippen LogP contribution is -2.19. The summed E-state index contributed by atoms with van der Waals surface area (Å²) in [6.45, 7) is 0.0368. The molecule has 0 saturated heterocycles. The second-order valence-corrected chi connectivity index (χ2v) is 3.81. The predicted molar refractivity (Wildman–Crippen MR) is 62.3 cm³/mol. The zero-order valence-corrected chi connectivity index (χ0v) is 9.49. The Bertz CT molecular complexity index is 528. The molecule has 2 rings (SSSR count). The van der Waals surface area contributed by atoms with E-state index in [1.807, 2.05) is 0 Å². The van der Waals surface area contributed by atoms with Crippen molar-refractivity contribution in [2.45, 2.75) is 6.54 Å². The monoisotopic (exact) mass is 253 g/mol. The van der Waals surface area contributed by atoms with Gasteiger partial charge in [-0.15, -0.1) is 0 Å². The summed E-state index contributed by atoms with van der Waals surface area (Å²) < 4.78 is 14.8. The molecule has 1 aromatic heterocycles. The lowest BCUT2D eigenvalue weighted by molar-refractivity contribution is -0.116. The van der Waals surface area contributed by atoms with E-state index in [2.05, 4.69) is 10.4 Å². The fraction of sp³-hybridized carbons (Fsp3) is 0.0909. The Morgan fingerprint density at radius 2 is 2.35 bits per heavy atom. The summed E-state index contributed by atoms with van der Waals surface area (Å²) in [4.78, 5) is 11.5. The van der Waals surface area contributed by atoms with E-state index < -0.39 is 5.82 Å². The molecule has 1 heterocycles. The van der Waals surface area contributed by atoms with Crippen molar-refractivity contribution in [2.75, 3.05) is 5.32 Å². The lowest BCUT2D eigenvalue weighted by Gasteiger charge is -2.06. The highest BCUT2D eigenvalue weighted by atomic mass is 35.5. The molecular formula is C11H9ClFN3O. The molecule has 0 spiro atoms. The summed E-state index contributed by atoms with van der Waals surface area (Å²) in [5.74, 6) is -0.916. The Labute approximate surface area is 102 Å². The van der Waals surface area contributed by atoms with Crippen molar-refractivity contribution in [2.24, 2.45) is 0 Å². The Hall–Kier alpha value is -1.88. The van der Waals surface area contributed by atoms with Crippen LogP contribution >= 0.6 is 11.6 Å². The van der Waals surface area contributed by atoms with E-state index in [0.29, 0.717) is 0 Å². The molecule has 0 radical (unpaired) electrons. The molecule has 0 aliphatic heterocycles. The van der Waals surface area contributed by atoms with Crippen LogP contribution in [0.4, 0.5) is 10.1 Å².